The summed E-state index contributed by atoms with van der Waals surface area (Å²) in [4.78, 5) is 35.8. The van der Waals surface area contributed by atoms with E-state index in [1.165, 1.54) is 154 Å². The Morgan fingerprint density at radius 3 is 1.01 bits per heavy atom. The van der Waals surface area contributed by atoms with Gasteiger partial charge in [0, 0.05) is 12.8 Å². The van der Waals surface area contributed by atoms with E-state index >= 15 is 0 Å². The summed E-state index contributed by atoms with van der Waals surface area (Å²) >= 11 is 0. The minimum absolute atomic E-state index is 0.0277. The van der Waals surface area contributed by atoms with Gasteiger partial charge in [-0.2, -0.15) is 0 Å². The van der Waals surface area contributed by atoms with Crippen molar-refractivity contribution in [3.63, 3.8) is 0 Å². The highest BCUT2D eigenvalue weighted by atomic mass is 31.2. The number of hydrogen-bond donors (Lipinski definition) is 1. The van der Waals surface area contributed by atoms with Gasteiger partial charge < -0.3 is 18.9 Å². The Labute approximate surface area is 518 Å². The molecule has 2 unspecified atom stereocenters. The van der Waals surface area contributed by atoms with Crippen molar-refractivity contribution in [1.29, 1.82) is 0 Å². The normalized spacial score (nSPS) is 13.9. The fourth-order valence-electron chi connectivity index (χ4n) is 9.24. The number of hydrogen-bond acceptors (Lipinski definition) is 7. The largest absolute Gasteiger partial charge is 0.472 e. The predicted octanol–water partition coefficient (Wildman–Crippen LogP) is 22.3. The van der Waals surface area contributed by atoms with Gasteiger partial charge in [-0.3, -0.25) is 18.6 Å². The van der Waals surface area contributed by atoms with Gasteiger partial charge in [-0.15, -0.1) is 0 Å². The van der Waals surface area contributed by atoms with Gasteiger partial charge in [0.2, 0.25) is 0 Å². The minimum atomic E-state index is -4.40. The first kappa shape index (κ1) is 80.4. The van der Waals surface area contributed by atoms with Crippen molar-refractivity contribution in [2.45, 2.75) is 290 Å². The van der Waals surface area contributed by atoms with Crippen LogP contribution in [0.3, 0.4) is 0 Å². The van der Waals surface area contributed by atoms with Crippen LogP contribution in [0.2, 0.25) is 0 Å². The van der Waals surface area contributed by atoms with E-state index < -0.39 is 26.5 Å². The summed E-state index contributed by atoms with van der Waals surface area (Å²) < 4.78 is 34.7. The number of nitrogens with zero attached hydrogens (tertiary/aromatic N) is 1. The second-order valence-corrected chi connectivity index (χ2v) is 25.3. The molecule has 0 aliphatic rings. The third-order valence-electron chi connectivity index (χ3n) is 14.5. The summed E-state index contributed by atoms with van der Waals surface area (Å²) in [6, 6.07) is 0. The van der Waals surface area contributed by atoms with E-state index in [0.717, 1.165) is 96.3 Å². The molecule has 0 spiro atoms. The van der Waals surface area contributed by atoms with Gasteiger partial charge in [0.05, 0.1) is 27.7 Å². The van der Waals surface area contributed by atoms with Crippen LogP contribution in [0.15, 0.2) is 122 Å². The molecule has 0 bridgehead atoms. The van der Waals surface area contributed by atoms with E-state index in [9.17, 15) is 19.0 Å². The van der Waals surface area contributed by atoms with Crippen molar-refractivity contribution in [3.8, 4) is 0 Å². The van der Waals surface area contributed by atoms with E-state index in [0.29, 0.717) is 17.4 Å². The maximum absolute atomic E-state index is 12.9. The molecule has 1 N–H and O–H groups in total. The lowest BCUT2D eigenvalue weighted by atomic mass is 10.0. The van der Waals surface area contributed by atoms with Crippen molar-refractivity contribution in [2.75, 3.05) is 47.5 Å². The molecule has 0 amide bonds. The lowest BCUT2D eigenvalue weighted by Crippen LogP contribution is -2.37. The fourth-order valence-corrected chi connectivity index (χ4v) is 9.98. The zero-order valence-corrected chi connectivity index (χ0v) is 55.7. The monoisotopic (exact) mass is 1190 g/mol. The predicted molar refractivity (Wildman–Crippen MR) is 362 cm³/mol. The van der Waals surface area contributed by atoms with Crippen LogP contribution in [0.25, 0.3) is 0 Å². The molecule has 9 nitrogen and oxygen atoms in total. The Kier molecular flexibility index (Phi) is 61.2. The molecule has 0 fully saturated rings. The van der Waals surface area contributed by atoms with Crippen LogP contribution in [0.4, 0.5) is 0 Å². The van der Waals surface area contributed by atoms with Gasteiger partial charge in [0.1, 0.15) is 19.8 Å². The number of likely N-dealkylation sites (N-methyl/N-ethyl adjacent to an activating group) is 1. The van der Waals surface area contributed by atoms with Crippen LogP contribution in [-0.2, 0) is 32.7 Å². The number of phosphoric ester groups is 1. The Balaban J connectivity index is 4.01. The van der Waals surface area contributed by atoms with Gasteiger partial charge in [0.15, 0.2) is 6.10 Å². The molecular weight excluding hydrogens is 1060 g/mol. The summed E-state index contributed by atoms with van der Waals surface area (Å²) in [5, 5.41) is 0. The summed E-state index contributed by atoms with van der Waals surface area (Å²) in [7, 11) is 1.47. The van der Waals surface area contributed by atoms with E-state index in [2.05, 4.69) is 135 Å². The van der Waals surface area contributed by atoms with Crippen LogP contribution in [0.1, 0.15) is 284 Å². The van der Waals surface area contributed by atoms with Crippen LogP contribution < -0.4 is 0 Å². The molecule has 10 heteroatoms. The number of unbranched alkanes of at least 4 members (excludes halogenated alkanes) is 28. The summed E-state index contributed by atoms with van der Waals surface area (Å²) in [6.07, 6.45) is 91.5. The van der Waals surface area contributed by atoms with Crippen molar-refractivity contribution in [2.24, 2.45) is 0 Å². The fraction of sp³-hybridized carbons (Fsp3) is 0.703. The van der Waals surface area contributed by atoms with E-state index in [-0.39, 0.29) is 32.0 Å². The lowest BCUT2D eigenvalue weighted by Gasteiger charge is -2.24. The van der Waals surface area contributed by atoms with Crippen LogP contribution in [0, 0.1) is 0 Å². The first-order valence-corrected chi connectivity index (χ1v) is 35.8. The SMILES string of the molecule is CC/C=C\C/C=C\C/C=C\C/C=C\C/C=C\C/C=C\C/C=C\C/C=C\CCCCCCCCCCCCCCCCCCC(=O)OC(COC(=O)CCCCCCCCCCC/C=C\C/C=C\CCCCC)COP(=O)(O)OCC[N+](C)(C)C. The first-order valence-electron chi connectivity index (χ1n) is 34.3. The van der Waals surface area contributed by atoms with Gasteiger partial charge in [-0.05, 0) is 109 Å². The second-order valence-electron chi connectivity index (χ2n) is 23.8. The summed E-state index contributed by atoms with van der Waals surface area (Å²) in [6.45, 7) is 4.30. The number of allylic oxidation sites excluding steroid dienone is 20. The third-order valence-corrected chi connectivity index (χ3v) is 15.5. The number of quaternary nitrogens is 1. The maximum atomic E-state index is 12.9. The van der Waals surface area contributed by atoms with Crippen molar-refractivity contribution >= 4 is 19.8 Å². The topological polar surface area (TPSA) is 108 Å². The maximum Gasteiger partial charge on any atom is 0.472 e. The Hall–Kier alpha value is -3.59. The molecule has 2 atom stereocenters. The number of carbonyl (C=O) groups is 2. The van der Waals surface area contributed by atoms with Crippen LogP contribution in [0.5, 0.6) is 0 Å². The molecule has 0 saturated carbocycles. The Morgan fingerprint density at radius 1 is 0.381 bits per heavy atom. The highest BCUT2D eigenvalue weighted by Crippen LogP contribution is 2.43. The second kappa shape index (κ2) is 63.9. The molecule has 482 valence electrons. The van der Waals surface area contributed by atoms with Crippen molar-refractivity contribution < 1.29 is 42.1 Å². The highest BCUT2D eigenvalue weighted by Gasteiger charge is 2.27. The van der Waals surface area contributed by atoms with Crippen molar-refractivity contribution in [1.82, 2.24) is 0 Å². The minimum Gasteiger partial charge on any atom is -0.462 e. The smallest absolute Gasteiger partial charge is 0.462 e. The van der Waals surface area contributed by atoms with E-state index in [1.54, 1.807) is 0 Å². The molecule has 84 heavy (non-hydrogen) atoms. The number of ether oxygens (including phenoxy) is 2. The Morgan fingerprint density at radius 2 is 0.679 bits per heavy atom. The molecule has 0 aromatic heterocycles. The standard InChI is InChI=1S/C74H128NO8P/c1-6-8-10-12-14-16-18-20-22-24-26-27-28-29-30-31-32-33-34-35-36-37-38-39-40-41-42-43-44-45-46-47-49-51-53-55-57-59-61-63-65-67-74(77)83-72(71-82-84(78,79)81-69-68-75(3,4)5)70-80-73(76)66-64-62-60-58-56-54-52-50-48-25-23-21-19-17-15-13-11-9-7-2/h8,10,14-17,20-23,26-27,29-30,32-33,35-36,38-39,72H,6-7,9,11-13,18-19,24-25,28,31,34,37,40-71H2,1-5H3/p+1/b10-8-,16-14-,17-15-,22-20-,23-21-,27-26-,30-29-,33-32-,36-35-,39-38-. The molecule has 0 aliphatic carbocycles. The molecule has 0 aliphatic heterocycles. The molecule has 0 saturated heterocycles. The highest BCUT2D eigenvalue weighted by molar-refractivity contribution is 7.47. The quantitative estimate of drug-likeness (QED) is 0.0211. The van der Waals surface area contributed by atoms with Crippen molar-refractivity contribution in [3.05, 3.63) is 122 Å². The zero-order valence-electron chi connectivity index (χ0n) is 54.9. The zero-order chi connectivity index (χ0) is 61.2. The van der Waals surface area contributed by atoms with E-state index in [1.807, 2.05) is 21.1 Å². The average Bonchev–Trinajstić information content (AvgIpc) is 3.61. The molecular formula is C74H129NO8P+. The van der Waals surface area contributed by atoms with Gasteiger partial charge in [-0.1, -0.05) is 283 Å². The van der Waals surface area contributed by atoms with Gasteiger partial charge >= 0.3 is 19.8 Å². The van der Waals surface area contributed by atoms with E-state index in [4.69, 9.17) is 18.5 Å². The molecule has 0 rings (SSSR count). The van der Waals surface area contributed by atoms with Gasteiger partial charge in [-0.25, -0.2) is 4.57 Å². The molecule has 0 radical (unpaired) electrons. The first-order chi connectivity index (χ1) is 41.0. The molecule has 0 aromatic rings. The average molecular weight is 1190 g/mol. The lowest BCUT2D eigenvalue weighted by molar-refractivity contribution is -0.870. The van der Waals surface area contributed by atoms with Crippen LogP contribution >= 0.6 is 7.82 Å². The Bertz CT molecular complexity index is 1830. The number of esters is 2. The molecule has 0 heterocycles. The molecule has 0 aromatic carbocycles. The summed E-state index contributed by atoms with van der Waals surface area (Å²) in [5.41, 5.74) is 0. The number of carbonyl (C=O) groups excluding carboxylic acids is 2. The number of phosphoric acid groups is 1. The van der Waals surface area contributed by atoms with Gasteiger partial charge in [0.25, 0.3) is 0 Å². The summed E-state index contributed by atoms with van der Waals surface area (Å²) in [5.74, 6) is -0.799. The third kappa shape index (κ3) is 67.5. The number of rotatable bonds is 62. The van der Waals surface area contributed by atoms with Crippen LogP contribution in [-0.4, -0.2) is 74.9 Å².